The molecule has 198 valence electrons. The number of aromatic nitrogens is 1. The van der Waals surface area contributed by atoms with Crippen LogP contribution in [0.25, 0.3) is 11.1 Å². The van der Waals surface area contributed by atoms with Crippen LogP contribution in [0.4, 0.5) is 0 Å². The Labute approximate surface area is 228 Å². The zero-order chi connectivity index (χ0) is 27.6. The number of benzene rings is 3. The average molecular weight is 551 g/mol. The molecule has 4 rings (SSSR count). The normalized spacial score (nSPS) is 12.4. The lowest BCUT2D eigenvalue weighted by Crippen LogP contribution is -2.27. The minimum absolute atomic E-state index is 0.158. The molecule has 1 atom stereocenters. The first-order valence-corrected chi connectivity index (χ1v) is 14.5. The van der Waals surface area contributed by atoms with Gasteiger partial charge in [0.2, 0.25) is 0 Å². The van der Waals surface area contributed by atoms with Crippen molar-refractivity contribution >= 4 is 21.4 Å². The van der Waals surface area contributed by atoms with Gasteiger partial charge in [0.15, 0.2) is 15.3 Å². The molecule has 38 heavy (non-hydrogen) atoms. The second-order valence-corrected chi connectivity index (χ2v) is 11.7. The van der Waals surface area contributed by atoms with Crippen molar-refractivity contribution in [1.82, 2.24) is 4.57 Å². The maximum Gasteiger partial charge on any atom is 0.193 e. The summed E-state index contributed by atoms with van der Waals surface area (Å²) < 4.78 is 32.5. The van der Waals surface area contributed by atoms with Gasteiger partial charge in [-0.25, -0.2) is 8.42 Å². The molecule has 6 nitrogen and oxygen atoms in total. The number of hydrogen-bond donors (Lipinski definition) is 1. The van der Waals surface area contributed by atoms with Crippen LogP contribution in [-0.4, -0.2) is 26.4 Å². The lowest BCUT2D eigenvalue weighted by atomic mass is 9.93. The van der Waals surface area contributed by atoms with Crippen molar-refractivity contribution in [3.8, 4) is 16.9 Å². The third kappa shape index (κ3) is 5.41. The molecule has 3 aromatic carbocycles. The minimum atomic E-state index is -3.46. The van der Waals surface area contributed by atoms with Crippen molar-refractivity contribution in [2.75, 3.05) is 13.4 Å². The first-order valence-electron chi connectivity index (χ1n) is 12.2. The third-order valence-corrected chi connectivity index (χ3v) is 8.50. The lowest BCUT2D eigenvalue weighted by Gasteiger charge is -2.24. The summed E-state index contributed by atoms with van der Waals surface area (Å²) in [5, 5.41) is 0.334. The Morgan fingerprint density at radius 3 is 2.26 bits per heavy atom. The molecule has 1 unspecified atom stereocenters. The van der Waals surface area contributed by atoms with E-state index in [1.807, 2.05) is 54.8 Å². The highest BCUT2D eigenvalue weighted by Crippen LogP contribution is 2.36. The number of nitrogens with two attached hydrogens (primary N) is 1. The Kier molecular flexibility index (Phi) is 8.11. The first-order chi connectivity index (χ1) is 18.0. The molecule has 0 aliphatic carbocycles. The van der Waals surface area contributed by atoms with E-state index < -0.39 is 15.9 Å². The van der Waals surface area contributed by atoms with Crippen LogP contribution in [0.2, 0.25) is 5.02 Å². The van der Waals surface area contributed by atoms with E-state index in [1.165, 1.54) is 13.4 Å². The van der Waals surface area contributed by atoms with Gasteiger partial charge in [0.05, 0.1) is 22.6 Å². The van der Waals surface area contributed by atoms with Crippen molar-refractivity contribution in [3.63, 3.8) is 0 Å². The standard InChI is InChI=1S/C30H31ClN2O4S/c1-19-24(17-25(32)21-11-6-5-7-12-21)30(34)28(23-14-10-15-26(37-3)29(23)31)20(2)33(19)18-22-13-8-9-16-27(22)38(4,35)36/h5-16,25H,17-18,32H2,1-4H3. The van der Waals surface area contributed by atoms with Crippen LogP contribution in [0.1, 0.15) is 34.1 Å². The summed E-state index contributed by atoms with van der Waals surface area (Å²) in [4.78, 5) is 14.3. The molecule has 0 fully saturated rings. The Bertz CT molecular complexity index is 1650. The predicted octanol–water partition coefficient (Wildman–Crippen LogP) is 5.49. The number of halogens is 1. The van der Waals surface area contributed by atoms with Crippen LogP contribution in [-0.2, 0) is 22.8 Å². The van der Waals surface area contributed by atoms with E-state index >= 15 is 0 Å². The second-order valence-electron chi connectivity index (χ2n) is 9.36. The van der Waals surface area contributed by atoms with Gasteiger partial charge in [-0.05, 0) is 43.5 Å². The molecule has 2 N–H and O–H groups in total. The van der Waals surface area contributed by atoms with Gasteiger partial charge >= 0.3 is 0 Å². The monoisotopic (exact) mass is 550 g/mol. The van der Waals surface area contributed by atoms with Crippen LogP contribution in [0.3, 0.4) is 0 Å². The van der Waals surface area contributed by atoms with Gasteiger partial charge in [0, 0.05) is 41.4 Å². The topological polar surface area (TPSA) is 91.4 Å². The lowest BCUT2D eigenvalue weighted by molar-refractivity contribution is 0.415. The van der Waals surface area contributed by atoms with Crippen molar-refractivity contribution in [2.45, 2.75) is 37.8 Å². The summed E-state index contributed by atoms with van der Waals surface area (Å²) in [6.07, 6.45) is 1.50. The molecule has 1 aromatic heterocycles. The first kappa shape index (κ1) is 27.6. The Morgan fingerprint density at radius 1 is 0.947 bits per heavy atom. The van der Waals surface area contributed by atoms with E-state index in [0.717, 1.165) is 11.3 Å². The summed E-state index contributed by atoms with van der Waals surface area (Å²) in [5.41, 5.74) is 10.9. The van der Waals surface area contributed by atoms with Crippen LogP contribution in [0.15, 0.2) is 82.5 Å². The number of sulfone groups is 1. The Balaban J connectivity index is 1.98. The SMILES string of the molecule is COc1cccc(-c2c(C)n(Cc3ccccc3S(C)(=O)=O)c(C)c(CC(N)c3ccccc3)c2=O)c1Cl. The van der Waals surface area contributed by atoms with Crippen molar-refractivity contribution in [1.29, 1.82) is 0 Å². The van der Waals surface area contributed by atoms with Gasteiger partial charge in [-0.15, -0.1) is 0 Å². The van der Waals surface area contributed by atoms with Crippen molar-refractivity contribution < 1.29 is 13.2 Å². The van der Waals surface area contributed by atoms with Gasteiger partial charge in [0.1, 0.15) is 5.75 Å². The molecule has 0 bridgehead atoms. The van der Waals surface area contributed by atoms with Gasteiger partial charge < -0.3 is 15.0 Å². The van der Waals surface area contributed by atoms with E-state index in [-0.39, 0.29) is 16.9 Å². The molecule has 1 heterocycles. The largest absolute Gasteiger partial charge is 0.495 e. The predicted molar refractivity (Wildman–Crippen MR) is 153 cm³/mol. The fourth-order valence-corrected chi connectivity index (χ4v) is 6.12. The maximum atomic E-state index is 14.1. The highest BCUT2D eigenvalue weighted by atomic mass is 35.5. The summed E-state index contributed by atoms with van der Waals surface area (Å²) in [7, 11) is -1.94. The zero-order valence-corrected chi connectivity index (χ0v) is 23.4. The van der Waals surface area contributed by atoms with E-state index in [4.69, 9.17) is 22.1 Å². The number of rotatable bonds is 8. The Hall–Kier alpha value is -3.39. The zero-order valence-electron chi connectivity index (χ0n) is 21.9. The molecular weight excluding hydrogens is 520 g/mol. The molecular formula is C30H31ClN2O4S. The highest BCUT2D eigenvalue weighted by Gasteiger charge is 2.24. The number of nitrogens with zero attached hydrogens (tertiary/aromatic N) is 1. The number of pyridine rings is 1. The van der Waals surface area contributed by atoms with Gasteiger partial charge in [0.25, 0.3) is 0 Å². The third-order valence-electron chi connectivity index (χ3n) is 6.91. The summed E-state index contributed by atoms with van der Waals surface area (Å²) >= 11 is 6.70. The fraction of sp³-hybridized carbons (Fsp3) is 0.233. The van der Waals surface area contributed by atoms with Gasteiger partial charge in [-0.1, -0.05) is 72.3 Å². The maximum absolute atomic E-state index is 14.1. The fourth-order valence-electron chi connectivity index (χ4n) is 4.89. The van der Waals surface area contributed by atoms with Crippen LogP contribution in [0, 0.1) is 13.8 Å². The number of methoxy groups -OCH3 is 1. The molecule has 0 amide bonds. The van der Waals surface area contributed by atoms with Gasteiger partial charge in [-0.3, -0.25) is 4.79 Å². The molecule has 0 spiro atoms. The Morgan fingerprint density at radius 2 is 1.61 bits per heavy atom. The minimum Gasteiger partial charge on any atom is -0.495 e. The second kappa shape index (κ2) is 11.2. The van der Waals surface area contributed by atoms with E-state index in [1.54, 1.807) is 36.4 Å². The molecule has 0 saturated heterocycles. The van der Waals surface area contributed by atoms with E-state index in [9.17, 15) is 13.2 Å². The number of ether oxygens (including phenoxy) is 1. The van der Waals surface area contributed by atoms with E-state index in [0.29, 0.717) is 45.1 Å². The molecule has 0 saturated carbocycles. The van der Waals surface area contributed by atoms with E-state index in [2.05, 4.69) is 0 Å². The highest BCUT2D eigenvalue weighted by molar-refractivity contribution is 7.90. The molecule has 0 aliphatic heterocycles. The van der Waals surface area contributed by atoms with Crippen molar-refractivity contribution in [2.24, 2.45) is 5.73 Å². The van der Waals surface area contributed by atoms with Crippen molar-refractivity contribution in [3.05, 3.63) is 116 Å². The number of hydrogen-bond acceptors (Lipinski definition) is 5. The molecule has 0 radical (unpaired) electrons. The summed E-state index contributed by atoms with van der Waals surface area (Å²) in [6.45, 7) is 3.98. The summed E-state index contributed by atoms with van der Waals surface area (Å²) in [5.74, 6) is 0.458. The molecule has 0 aliphatic rings. The average Bonchev–Trinajstić information content (AvgIpc) is 2.90. The quantitative estimate of drug-likeness (QED) is 0.313. The molecule has 8 heteroatoms. The van der Waals surface area contributed by atoms with Crippen LogP contribution in [0.5, 0.6) is 5.75 Å². The summed E-state index contributed by atoms with van der Waals surface area (Å²) in [6, 6.07) is 21.4. The van der Waals surface area contributed by atoms with Crippen LogP contribution >= 0.6 is 11.6 Å². The van der Waals surface area contributed by atoms with Crippen LogP contribution < -0.4 is 15.9 Å². The smallest absolute Gasteiger partial charge is 0.193 e. The van der Waals surface area contributed by atoms with Gasteiger partial charge in [-0.2, -0.15) is 0 Å². The molecule has 4 aromatic rings.